The van der Waals surface area contributed by atoms with E-state index < -0.39 is 48.0 Å². The summed E-state index contributed by atoms with van der Waals surface area (Å²) in [5, 5.41) is 16.2. The van der Waals surface area contributed by atoms with E-state index in [0.29, 0.717) is 0 Å². The number of benzene rings is 1. The summed E-state index contributed by atoms with van der Waals surface area (Å²) in [6, 6.07) is 1.97. The lowest BCUT2D eigenvalue weighted by Crippen LogP contribution is -2.42. The van der Waals surface area contributed by atoms with Crippen LogP contribution in [-0.2, 0) is 4.74 Å². The second-order valence-electron chi connectivity index (χ2n) is 7.64. The number of anilines is 2. The van der Waals surface area contributed by atoms with Gasteiger partial charge in [-0.05, 0) is 32.0 Å². The van der Waals surface area contributed by atoms with Crippen molar-refractivity contribution in [2.24, 2.45) is 0 Å². The van der Waals surface area contributed by atoms with Crippen LogP contribution in [-0.4, -0.2) is 56.4 Å². The van der Waals surface area contributed by atoms with E-state index in [1.165, 1.54) is 19.1 Å². The van der Waals surface area contributed by atoms with Crippen LogP contribution in [0.3, 0.4) is 0 Å². The average molecular weight is 533 g/mol. The summed E-state index contributed by atoms with van der Waals surface area (Å²) in [5.74, 6) is -2.13. The largest absolute Gasteiger partial charge is 0.573 e. The zero-order valence-electron chi connectivity index (χ0n) is 18.5. The van der Waals surface area contributed by atoms with Crippen molar-refractivity contribution >= 4 is 29.5 Å². The lowest BCUT2D eigenvalue weighted by atomic mass is 10.2. The fraction of sp³-hybridized carbons (Fsp3) is 0.350. The second-order valence-corrected chi connectivity index (χ2v) is 8.04. The van der Waals surface area contributed by atoms with Gasteiger partial charge in [0.05, 0.1) is 17.3 Å². The second kappa shape index (κ2) is 9.73. The molecule has 0 aliphatic carbocycles. The summed E-state index contributed by atoms with van der Waals surface area (Å²) in [7, 11) is 0. The molecule has 0 saturated carbocycles. The first kappa shape index (κ1) is 25.4. The SMILES string of the molecule is CC(Nc1ncc(F)c(N2C(=O)OCC2[C@@H](C)O)n1)c1nc(-c2ccc(Cl)c(OC(F)(F)F)c2)no1. The maximum Gasteiger partial charge on any atom is 0.573 e. The van der Waals surface area contributed by atoms with E-state index >= 15 is 0 Å². The number of halogens is 5. The fourth-order valence-electron chi connectivity index (χ4n) is 3.26. The van der Waals surface area contributed by atoms with Gasteiger partial charge < -0.3 is 24.4 Å². The van der Waals surface area contributed by atoms with Gasteiger partial charge in [-0.3, -0.25) is 0 Å². The van der Waals surface area contributed by atoms with Crippen molar-refractivity contribution in [3.8, 4) is 17.1 Å². The van der Waals surface area contributed by atoms with Crippen LogP contribution in [0.25, 0.3) is 11.4 Å². The normalized spacial score (nSPS) is 17.6. The molecule has 3 atom stereocenters. The lowest BCUT2D eigenvalue weighted by molar-refractivity contribution is -0.274. The van der Waals surface area contributed by atoms with Crippen LogP contribution >= 0.6 is 11.6 Å². The Kier molecular flexibility index (Phi) is 6.86. The van der Waals surface area contributed by atoms with Crippen molar-refractivity contribution in [1.29, 1.82) is 0 Å². The van der Waals surface area contributed by atoms with Gasteiger partial charge in [-0.25, -0.2) is 19.1 Å². The van der Waals surface area contributed by atoms with Gasteiger partial charge >= 0.3 is 12.5 Å². The highest BCUT2D eigenvalue weighted by Crippen LogP contribution is 2.34. The van der Waals surface area contributed by atoms with Gasteiger partial charge in [-0.2, -0.15) is 9.97 Å². The Morgan fingerprint density at radius 1 is 1.31 bits per heavy atom. The Balaban J connectivity index is 1.53. The molecule has 1 aromatic carbocycles. The molecule has 0 spiro atoms. The number of nitrogens with zero attached hydrogens (tertiary/aromatic N) is 5. The Bertz CT molecular complexity index is 1270. The topological polar surface area (TPSA) is 136 Å². The van der Waals surface area contributed by atoms with Gasteiger partial charge in [0.15, 0.2) is 11.6 Å². The van der Waals surface area contributed by atoms with Crippen molar-refractivity contribution in [1.82, 2.24) is 20.1 Å². The van der Waals surface area contributed by atoms with Gasteiger partial charge in [0.25, 0.3) is 0 Å². The third kappa shape index (κ3) is 5.41. The van der Waals surface area contributed by atoms with Crippen LogP contribution in [0.4, 0.5) is 34.1 Å². The Hall–Kier alpha value is -3.72. The van der Waals surface area contributed by atoms with Gasteiger partial charge in [0.1, 0.15) is 24.4 Å². The molecular weight excluding hydrogens is 516 g/mol. The third-order valence-corrected chi connectivity index (χ3v) is 5.30. The first-order valence-electron chi connectivity index (χ1n) is 10.3. The summed E-state index contributed by atoms with van der Waals surface area (Å²) in [6.07, 6.45) is -6.01. The molecule has 0 radical (unpaired) electrons. The first-order chi connectivity index (χ1) is 16.9. The highest BCUT2D eigenvalue weighted by Gasteiger charge is 2.40. The first-order valence-corrected chi connectivity index (χ1v) is 10.6. The molecule has 0 bridgehead atoms. The molecular formula is C20H17ClF4N6O5. The molecule has 4 rings (SSSR count). The molecule has 36 heavy (non-hydrogen) atoms. The van der Waals surface area contributed by atoms with Crippen molar-refractivity contribution in [2.75, 3.05) is 16.8 Å². The maximum atomic E-state index is 14.4. The number of hydrogen-bond acceptors (Lipinski definition) is 10. The Morgan fingerprint density at radius 3 is 2.75 bits per heavy atom. The van der Waals surface area contributed by atoms with Crippen molar-refractivity contribution in [3.63, 3.8) is 0 Å². The van der Waals surface area contributed by atoms with Crippen LogP contribution in [0, 0.1) is 5.82 Å². The zero-order valence-corrected chi connectivity index (χ0v) is 19.2. The van der Waals surface area contributed by atoms with Crippen LogP contribution in [0.2, 0.25) is 5.02 Å². The number of rotatable bonds is 7. The third-order valence-electron chi connectivity index (χ3n) is 4.99. The molecule has 2 unspecified atom stereocenters. The molecule has 2 N–H and O–H groups in total. The molecule has 1 fully saturated rings. The van der Waals surface area contributed by atoms with Gasteiger partial charge in [0, 0.05) is 5.56 Å². The number of hydrogen-bond donors (Lipinski definition) is 2. The number of aliphatic hydroxyl groups excluding tert-OH is 1. The van der Waals surface area contributed by atoms with E-state index in [-0.39, 0.29) is 34.9 Å². The number of carbonyl (C=O) groups is 1. The minimum atomic E-state index is -4.95. The minimum Gasteiger partial charge on any atom is -0.447 e. The van der Waals surface area contributed by atoms with Crippen LogP contribution in [0.1, 0.15) is 25.8 Å². The molecule has 1 amide bonds. The molecule has 2 aromatic heterocycles. The molecule has 11 nitrogen and oxygen atoms in total. The number of amides is 1. The molecule has 3 aromatic rings. The quantitative estimate of drug-likeness (QED) is 0.428. The summed E-state index contributed by atoms with van der Waals surface area (Å²) in [6.45, 7) is 2.85. The monoisotopic (exact) mass is 532 g/mol. The predicted molar refractivity (Wildman–Crippen MR) is 115 cm³/mol. The van der Waals surface area contributed by atoms with Crippen molar-refractivity contribution in [2.45, 2.75) is 38.4 Å². The van der Waals surface area contributed by atoms with E-state index in [2.05, 4.69) is 30.2 Å². The number of alkyl halides is 3. The van der Waals surface area contributed by atoms with E-state index in [9.17, 15) is 27.5 Å². The number of cyclic esters (lactones) is 1. The van der Waals surface area contributed by atoms with Crippen LogP contribution < -0.4 is 15.0 Å². The van der Waals surface area contributed by atoms with Crippen LogP contribution in [0.15, 0.2) is 28.9 Å². The highest BCUT2D eigenvalue weighted by atomic mass is 35.5. The minimum absolute atomic E-state index is 0.00449. The lowest BCUT2D eigenvalue weighted by Gasteiger charge is -2.23. The summed E-state index contributed by atoms with van der Waals surface area (Å²) in [5.41, 5.74) is 0.137. The van der Waals surface area contributed by atoms with Gasteiger partial charge in [-0.15, -0.1) is 13.2 Å². The molecule has 192 valence electrons. The molecule has 1 saturated heterocycles. The number of ether oxygens (including phenoxy) is 2. The highest BCUT2D eigenvalue weighted by molar-refractivity contribution is 6.32. The van der Waals surface area contributed by atoms with E-state index in [4.69, 9.17) is 20.9 Å². The van der Waals surface area contributed by atoms with Crippen molar-refractivity contribution in [3.05, 3.63) is 41.1 Å². The number of aromatic nitrogens is 4. The smallest absolute Gasteiger partial charge is 0.447 e. The standard InChI is InChI=1S/C20H17ClF4N6O5/c1-8(17-28-15(30-36-17)10-3-4-11(21)14(5-10)35-20(23,24)25)27-18-26-6-12(22)16(29-18)31-13(9(2)32)7-34-19(31)33/h3-6,8-9,13,32H,7H2,1-2H3,(H,26,27,29)/t8?,9-,13?/m1/s1. The average Bonchev–Trinajstić information content (AvgIpc) is 3.43. The van der Waals surface area contributed by atoms with Crippen molar-refractivity contribution < 1.29 is 41.5 Å². The van der Waals surface area contributed by atoms with E-state index in [1.54, 1.807) is 6.92 Å². The van der Waals surface area contributed by atoms with E-state index in [1.807, 2.05) is 0 Å². The summed E-state index contributed by atoms with van der Waals surface area (Å²) >= 11 is 5.76. The molecule has 1 aliphatic heterocycles. The van der Waals surface area contributed by atoms with Gasteiger partial charge in [-0.1, -0.05) is 16.8 Å². The maximum absolute atomic E-state index is 14.4. The predicted octanol–water partition coefficient (Wildman–Crippen LogP) is 4.10. The van der Waals surface area contributed by atoms with E-state index in [0.717, 1.165) is 17.2 Å². The zero-order chi connectivity index (χ0) is 26.2. The number of aliphatic hydroxyl groups is 1. The fourth-order valence-corrected chi connectivity index (χ4v) is 3.42. The molecule has 16 heteroatoms. The van der Waals surface area contributed by atoms with Crippen LogP contribution in [0.5, 0.6) is 5.75 Å². The Morgan fingerprint density at radius 2 is 2.06 bits per heavy atom. The Labute approximate surface area is 205 Å². The number of carbonyl (C=O) groups excluding carboxylic acids is 1. The van der Waals surface area contributed by atoms with Gasteiger partial charge in [0.2, 0.25) is 17.7 Å². The molecule has 1 aliphatic rings. The summed E-state index contributed by atoms with van der Waals surface area (Å²) < 4.78 is 66.2. The number of nitrogens with one attached hydrogen (secondary N) is 1. The molecule has 3 heterocycles. The summed E-state index contributed by atoms with van der Waals surface area (Å²) in [4.78, 5) is 25.0.